The first-order valence-electron chi connectivity index (χ1n) is 8.13. The maximum absolute atomic E-state index is 12.4. The van der Waals surface area contributed by atoms with E-state index in [1.54, 1.807) is 30.3 Å². The topological polar surface area (TPSA) is 97.7 Å². The maximum Gasteiger partial charge on any atom is 0.343 e. The summed E-state index contributed by atoms with van der Waals surface area (Å²) >= 11 is 6.67. The zero-order valence-corrected chi connectivity index (χ0v) is 18.7. The number of nitrogens with one attached hydrogen (secondary N) is 1. The Hall–Kier alpha value is -2.83. The molecule has 0 unspecified atom stereocenters. The van der Waals surface area contributed by atoms with Crippen molar-refractivity contribution in [1.82, 2.24) is 0 Å². The van der Waals surface area contributed by atoms with Crippen LogP contribution in [0, 0.1) is 11.3 Å². The summed E-state index contributed by atoms with van der Waals surface area (Å²) in [7, 11) is 2.69. The predicted molar refractivity (Wildman–Crippen MR) is 115 cm³/mol. The molecule has 0 aromatic heterocycles. The van der Waals surface area contributed by atoms with Gasteiger partial charge in [0.25, 0.3) is 5.91 Å². The summed E-state index contributed by atoms with van der Waals surface area (Å²) in [6.45, 7) is -0.293. The number of anilines is 1. The van der Waals surface area contributed by atoms with E-state index < -0.39 is 11.9 Å². The lowest BCUT2D eigenvalue weighted by molar-refractivity contribution is -0.142. The van der Waals surface area contributed by atoms with E-state index in [0.29, 0.717) is 27.2 Å². The maximum atomic E-state index is 12.4. The molecular weight excluding hydrogens is 508 g/mol. The summed E-state index contributed by atoms with van der Waals surface area (Å²) in [5, 5.41) is 12.1. The number of hydrogen-bond donors (Lipinski definition) is 1. The molecule has 0 atom stereocenters. The number of nitrogens with zero attached hydrogens (tertiary/aromatic N) is 1. The second kappa shape index (κ2) is 10.6. The Morgan fingerprint density at radius 2 is 1.97 bits per heavy atom. The van der Waals surface area contributed by atoms with E-state index in [-0.39, 0.29) is 12.2 Å². The number of amides is 1. The zero-order valence-electron chi connectivity index (χ0n) is 15.5. The van der Waals surface area contributed by atoms with Gasteiger partial charge in [0.05, 0.1) is 18.7 Å². The summed E-state index contributed by atoms with van der Waals surface area (Å²) in [4.78, 5) is 23.7. The molecule has 29 heavy (non-hydrogen) atoms. The highest BCUT2D eigenvalue weighted by molar-refractivity contribution is 9.10. The van der Waals surface area contributed by atoms with Gasteiger partial charge < -0.3 is 19.5 Å². The van der Waals surface area contributed by atoms with Crippen LogP contribution in [-0.4, -0.2) is 32.7 Å². The van der Waals surface area contributed by atoms with Gasteiger partial charge in [-0.25, -0.2) is 4.79 Å². The first-order chi connectivity index (χ1) is 13.9. The minimum absolute atomic E-state index is 0.0952. The fourth-order valence-corrected chi connectivity index (χ4v) is 3.21. The zero-order chi connectivity index (χ0) is 21.4. The predicted octanol–water partition coefficient (Wildman–Crippen LogP) is 4.32. The molecule has 7 nitrogen and oxygen atoms in total. The molecule has 0 radical (unpaired) electrons. The number of ether oxygens (including phenoxy) is 3. The Morgan fingerprint density at radius 1 is 1.21 bits per heavy atom. The smallest absolute Gasteiger partial charge is 0.343 e. The number of methoxy groups -OCH3 is 2. The van der Waals surface area contributed by atoms with E-state index in [0.717, 1.165) is 4.47 Å². The Balaban J connectivity index is 2.28. The first kappa shape index (κ1) is 22.5. The molecule has 2 aromatic rings. The van der Waals surface area contributed by atoms with E-state index in [9.17, 15) is 14.9 Å². The van der Waals surface area contributed by atoms with Crippen LogP contribution in [0.2, 0.25) is 0 Å². The molecule has 150 valence electrons. The molecule has 0 bridgehead atoms. The molecule has 0 heterocycles. The van der Waals surface area contributed by atoms with Crippen LogP contribution >= 0.6 is 31.9 Å². The van der Waals surface area contributed by atoms with E-state index in [1.807, 2.05) is 12.1 Å². The molecule has 0 fully saturated rings. The molecule has 2 aromatic carbocycles. The molecule has 1 N–H and O–H groups in total. The van der Waals surface area contributed by atoms with Gasteiger partial charge in [-0.3, -0.25) is 4.79 Å². The van der Waals surface area contributed by atoms with Gasteiger partial charge in [0, 0.05) is 10.2 Å². The molecule has 2 rings (SSSR count). The molecule has 0 aliphatic carbocycles. The normalized spacial score (nSPS) is 10.7. The quantitative estimate of drug-likeness (QED) is 0.330. The number of carbonyl (C=O) groups excluding carboxylic acids is 2. The van der Waals surface area contributed by atoms with Crippen molar-refractivity contribution in [3.05, 3.63) is 56.5 Å². The number of carbonyl (C=O) groups is 2. The van der Waals surface area contributed by atoms with Crippen LogP contribution in [0.1, 0.15) is 5.56 Å². The number of rotatable bonds is 7. The van der Waals surface area contributed by atoms with Crippen LogP contribution in [0.15, 0.2) is 50.9 Å². The molecule has 0 aliphatic heterocycles. The lowest BCUT2D eigenvalue weighted by atomic mass is 10.1. The summed E-state index contributed by atoms with van der Waals surface area (Å²) in [6, 6.07) is 12.1. The summed E-state index contributed by atoms with van der Waals surface area (Å²) < 4.78 is 16.5. The molecule has 0 aliphatic rings. The van der Waals surface area contributed by atoms with Gasteiger partial charge >= 0.3 is 5.97 Å². The Labute approximate surface area is 184 Å². The van der Waals surface area contributed by atoms with Crippen molar-refractivity contribution >= 4 is 55.5 Å². The third-order valence-corrected chi connectivity index (χ3v) is 4.65. The number of benzene rings is 2. The summed E-state index contributed by atoms with van der Waals surface area (Å²) in [6.07, 6.45) is 1.42. The molecular formula is C20H16Br2N2O5. The highest BCUT2D eigenvalue weighted by Gasteiger charge is 2.15. The van der Waals surface area contributed by atoms with E-state index >= 15 is 0 Å². The van der Waals surface area contributed by atoms with Gasteiger partial charge in [-0.05, 0) is 57.9 Å². The highest BCUT2D eigenvalue weighted by Crippen LogP contribution is 2.37. The summed E-state index contributed by atoms with van der Waals surface area (Å²) in [5.41, 5.74) is 0.984. The van der Waals surface area contributed by atoms with Gasteiger partial charge in [0.1, 0.15) is 11.6 Å². The highest BCUT2D eigenvalue weighted by atomic mass is 79.9. The lowest BCUT2D eigenvalue weighted by Gasteiger charge is -2.13. The van der Waals surface area contributed by atoms with Gasteiger partial charge in [0.2, 0.25) is 0 Å². The molecule has 9 heteroatoms. The SMILES string of the molecule is COC(=O)COc1c(Br)cc(/C=C(/C#N)C(=O)Nc2cccc(Br)c2)cc1OC. The van der Waals surface area contributed by atoms with Crippen LogP contribution in [0.3, 0.4) is 0 Å². The average Bonchev–Trinajstić information content (AvgIpc) is 2.70. The minimum atomic E-state index is -0.549. The Morgan fingerprint density at radius 3 is 2.59 bits per heavy atom. The second-order valence-electron chi connectivity index (χ2n) is 5.53. The van der Waals surface area contributed by atoms with E-state index in [1.165, 1.54) is 20.3 Å². The van der Waals surface area contributed by atoms with Crippen molar-refractivity contribution < 1.29 is 23.8 Å². The van der Waals surface area contributed by atoms with Gasteiger partial charge in [0.15, 0.2) is 18.1 Å². The number of halogens is 2. The number of nitriles is 1. The van der Waals surface area contributed by atoms with Crippen molar-refractivity contribution in [2.45, 2.75) is 0 Å². The third-order valence-electron chi connectivity index (χ3n) is 3.57. The van der Waals surface area contributed by atoms with Crippen LogP contribution in [0.5, 0.6) is 11.5 Å². The standard InChI is InChI=1S/C20H16Br2N2O5/c1-27-17-8-12(7-16(22)19(17)29-11-18(25)28-2)6-13(10-23)20(26)24-15-5-3-4-14(21)9-15/h3-9H,11H2,1-2H3,(H,24,26)/b13-6-. The Bertz CT molecular complexity index is 999. The fourth-order valence-electron chi connectivity index (χ4n) is 2.23. The second-order valence-corrected chi connectivity index (χ2v) is 7.30. The van der Waals surface area contributed by atoms with Crippen molar-refractivity contribution in [2.75, 3.05) is 26.1 Å². The largest absolute Gasteiger partial charge is 0.493 e. The molecule has 0 saturated carbocycles. The lowest BCUT2D eigenvalue weighted by Crippen LogP contribution is -2.14. The molecule has 1 amide bonds. The summed E-state index contributed by atoms with van der Waals surface area (Å²) in [5.74, 6) is -0.475. The van der Waals surface area contributed by atoms with Crippen LogP contribution < -0.4 is 14.8 Å². The molecule has 0 saturated heterocycles. The molecule has 0 spiro atoms. The average molecular weight is 524 g/mol. The first-order valence-corrected chi connectivity index (χ1v) is 9.72. The van der Waals surface area contributed by atoms with Gasteiger partial charge in [-0.1, -0.05) is 22.0 Å². The van der Waals surface area contributed by atoms with E-state index in [2.05, 4.69) is 41.9 Å². The van der Waals surface area contributed by atoms with Crippen molar-refractivity contribution in [2.24, 2.45) is 0 Å². The number of esters is 1. The fraction of sp³-hybridized carbons (Fsp3) is 0.150. The van der Waals surface area contributed by atoms with Crippen molar-refractivity contribution in [3.8, 4) is 17.6 Å². The van der Waals surface area contributed by atoms with Gasteiger partial charge in [-0.2, -0.15) is 5.26 Å². The monoisotopic (exact) mass is 522 g/mol. The Kier molecular flexibility index (Phi) is 8.24. The van der Waals surface area contributed by atoms with E-state index in [4.69, 9.17) is 9.47 Å². The third kappa shape index (κ3) is 6.34. The van der Waals surface area contributed by atoms with Crippen molar-refractivity contribution in [1.29, 1.82) is 5.26 Å². The number of hydrogen-bond acceptors (Lipinski definition) is 6. The van der Waals surface area contributed by atoms with Crippen LogP contribution in [-0.2, 0) is 14.3 Å². The van der Waals surface area contributed by atoms with Crippen LogP contribution in [0.25, 0.3) is 6.08 Å². The van der Waals surface area contributed by atoms with Gasteiger partial charge in [-0.15, -0.1) is 0 Å². The minimum Gasteiger partial charge on any atom is -0.493 e. The van der Waals surface area contributed by atoms with Crippen LogP contribution in [0.4, 0.5) is 5.69 Å². The van der Waals surface area contributed by atoms with Crippen molar-refractivity contribution in [3.63, 3.8) is 0 Å².